The summed E-state index contributed by atoms with van der Waals surface area (Å²) in [5.41, 5.74) is 0.748. The average molecular weight is 463 g/mol. The van der Waals surface area contributed by atoms with Gasteiger partial charge in [0.1, 0.15) is 18.1 Å². The van der Waals surface area contributed by atoms with E-state index in [0.717, 1.165) is 5.56 Å². The van der Waals surface area contributed by atoms with Gasteiger partial charge in [0.2, 0.25) is 10.0 Å². The quantitative estimate of drug-likeness (QED) is 0.729. The predicted molar refractivity (Wildman–Crippen MR) is 102 cm³/mol. The molecule has 26 heavy (non-hydrogen) atoms. The van der Waals surface area contributed by atoms with Crippen LogP contribution in [0.5, 0.6) is 17.2 Å². The highest BCUT2D eigenvalue weighted by molar-refractivity contribution is 9.10. The zero-order valence-corrected chi connectivity index (χ0v) is 17.2. The molecule has 0 amide bonds. The van der Waals surface area contributed by atoms with E-state index < -0.39 is 16.1 Å². The number of halogens is 2. The number of fused-ring (bicyclic) bond motifs is 1. The Morgan fingerprint density at radius 3 is 2.58 bits per heavy atom. The number of hydrogen-bond acceptors (Lipinski definition) is 5. The van der Waals surface area contributed by atoms with Crippen LogP contribution >= 0.6 is 27.5 Å². The molecular weight excluding hydrogens is 446 g/mol. The number of nitrogens with one attached hydrogen (secondary N) is 1. The molecule has 6 nitrogen and oxygen atoms in total. The number of benzene rings is 2. The van der Waals surface area contributed by atoms with Crippen LogP contribution in [-0.4, -0.2) is 28.7 Å². The van der Waals surface area contributed by atoms with Crippen LogP contribution in [0.2, 0.25) is 5.02 Å². The minimum atomic E-state index is -3.88. The zero-order valence-electron chi connectivity index (χ0n) is 14.1. The van der Waals surface area contributed by atoms with Gasteiger partial charge >= 0.3 is 0 Å². The van der Waals surface area contributed by atoms with Gasteiger partial charge in [-0.3, -0.25) is 0 Å². The summed E-state index contributed by atoms with van der Waals surface area (Å²) in [6.45, 7) is 2.71. The Hall–Kier alpha value is -1.48. The summed E-state index contributed by atoms with van der Waals surface area (Å²) < 4.78 is 45.1. The van der Waals surface area contributed by atoms with E-state index in [1.54, 1.807) is 31.2 Å². The lowest BCUT2D eigenvalue weighted by Gasteiger charge is -2.21. The first kappa shape index (κ1) is 19.3. The molecule has 1 heterocycles. The van der Waals surface area contributed by atoms with Gasteiger partial charge in [-0.05, 0) is 52.7 Å². The summed E-state index contributed by atoms with van der Waals surface area (Å²) in [6.07, 6.45) is 0. The molecule has 2 aromatic carbocycles. The third-order valence-corrected chi connectivity index (χ3v) is 6.22. The van der Waals surface area contributed by atoms with E-state index in [1.807, 2.05) is 0 Å². The van der Waals surface area contributed by atoms with Gasteiger partial charge < -0.3 is 14.2 Å². The van der Waals surface area contributed by atoms with Crippen molar-refractivity contribution in [2.75, 3.05) is 20.3 Å². The van der Waals surface area contributed by atoms with E-state index in [9.17, 15) is 8.42 Å². The van der Waals surface area contributed by atoms with Crippen LogP contribution in [0.15, 0.2) is 39.7 Å². The van der Waals surface area contributed by atoms with Crippen LogP contribution in [0.1, 0.15) is 18.5 Å². The monoisotopic (exact) mass is 461 g/mol. The van der Waals surface area contributed by atoms with Gasteiger partial charge in [-0.15, -0.1) is 0 Å². The minimum absolute atomic E-state index is 0.0382. The molecule has 2 aromatic rings. The second-order valence-electron chi connectivity index (χ2n) is 5.67. The van der Waals surface area contributed by atoms with Crippen molar-refractivity contribution in [1.29, 1.82) is 0 Å². The van der Waals surface area contributed by atoms with E-state index in [4.69, 9.17) is 25.8 Å². The lowest BCUT2D eigenvalue weighted by molar-refractivity contribution is 0.171. The highest BCUT2D eigenvalue weighted by atomic mass is 79.9. The van der Waals surface area contributed by atoms with Crippen LogP contribution in [0, 0.1) is 0 Å². The molecule has 9 heteroatoms. The van der Waals surface area contributed by atoms with E-state index in [2.05, 4.69) is 20.7 Å². The first-order valence-corrected chi connectivity index (χ1v) is 10.4. The number of rotatable bonds is 5. The fourth-order valence-corrected chi connectivity index (χ4v) is 5.24. The molecule has 0 spiro atoms. The summed E-state index contributed by atoms with van der Waals surface area (Å²) in [5, 5.41) is 0.282. The Kier molecular flexibility index (Phi) is 5.67. The van der Waals surface area contributed by atoms with Crippen molar-refractivity contribution in [3.05, 3.63) is 45.4 Å². The van der Waals surface area contributed by atoms with Gasteiger partial charge in [-0.2, -0.15) is 0 Å². The molecule has 1 atom stereocenters. The molecule has 0 saturated heterocycles. The third kappa shape index (κ3) is 3.93. The first-order valence-electron chi connectivity index (χ1n) is 7.76. The highest BCUT2D eigenvalue weighted by Gasteiger charge is 2.25. The van der Waals surface area contributed by atoms with E-state index in [-0.39, 0.29) is 15.7 Å². The molecule has 1 aliphatic heterocycles. The Morgan fingerprint density at radius 1 is 1.19 bits per heavy atom. The summed E-state index contributed by atoms with van der Waals surface area (Å²) in [4.78, 5) is -0.0382. The number of hydrogen-bond donors (Lipinski definition) is 1. The van der Waals surface area contributed by atoms with Crippen LogP contribution in [-0.2, 0) is 10.0 Å². The Balaban J connectivity index is 1.90. The molecule has 0 aromatic heterocycles. The van der Waals surface area contributed by atoms with Crippen molar-refractivity contribution < 1.29 is 22.6 Å². The molecule has 140 valence electrons. The summed E-state index contributed by atoms with van der Waals surface area (Å²) in [6, 6.07) is 7.76. The van der Waals surface area contributed by atoms with Crippen LogP contribution in [0.25, 0.3) is 0 Å². The van der Waals surface area contributed by atoms with Gasteiger partial charge in [0, 0.05) is 11.1 Å². The van der Waals surface area contributed by atoms with Crippen molar-refractivity contribution in [2.24, 2.45) is 0 Å². The maximum Gasteiger partial charge on any atom is 0.244 e. The molecule has 0 saturated carbocycles. The Labute approximate surface area is 165 Å². The van der Waals surface area contributed by atoms with Crippen LogP contribution < -0.4 is 18.9 Å². The minimum Gasteiger partial charge on any atom is -0.494 e. The number of methoxy groups -OCH3 is 1. The number of ether oxygens (including phenoxy) is 3. The summed E-state index contributed by atoms with van der Waals surface area (Å²) >= 11 is 9.28. The van der Waals surface area contributed by atoms with Crippen molar-refractivity contribution in [2.45, 2.75) is 17.9 Å². The number of sulfonamides is 1. The standard InChI is InChI=1S/C17H17BrClNO5S/c1-10(11-3-4-14-15(7-11)25-6-5-24-14)20-26(21,22)16-9-12(19)8-13(18)17(16)23-2/h3-4,7-10,20H,5-6H2,1-2H3. The molecule has 0 aliphatic carbocycles. The SMILES string of the molecule is COc1c(Br)cc(Cl)cc1S(=O)(=O)NC(C)c1ccc2c(c1)OCCO2. The highest BCUT2D eigenvalue weighted by Crippen LogP contribution is 2.37. The maximum absolute atomic E-state index is 12.9. The van der Waals surface area contributed by atoms with Crippen LogP contribution in [0.4, 0.5) is 0 Å². The van der Waals surface area contributed by atoms with Gasteiger partial charge in [0.05, 0.1) is 11.6 Å². The van der Waals surface area contributed by atoms with E-state index in [0.29, 0.717) is 29.2 Å². The molecule has 0 radical (unpaired) electrons. The van der Waals surface area contributed by atoms with Gasteiger partial charge in [0.15, 0.2) is 17.2 Å². The predicted octanol–water partition coefficient (Wildman–Crippen LogP) is 3.92. The fourth-order valence-electron chi connectivity index (χ4n) is 2.63. The van der Waals surface area contributed by atoms with Gasteiger partial charge in [-0.25, -0.2) is 13.1 Å². The van der Waals surface area contributed by atoms with Gasteiger partial charge in [-0.1, -0.05) is 17.7 Å². The zero-order chi connectivity index (χ0) is 18.9. The Bertz CT molecular complexity index is 935. The molecular formula is C17H17BrClNO5S. The van der Waals surface area contributed by atoms with Crippen molar-refractivity contribution >= 4 is 37.6 Å². The van der Waals surface area contributed by atoms with Gasteiger partial charge in [0.25, 0.3) is 0 Å². The lowest BCUT2D eigenvalue weighted by Crippen LogP contribution is -2.27. The fraction of sp³-hybridized carbons (Fsp3) is 0.294. The van der Waals surface area contributed by atoms with E-state index in [1.165, 1.54) is 13.2 Å². The second kappa shape index (κ2) is 7.64. The topological polar surface area (TPSA) is 73.9 Å². The summed E-state index contributed by atoms with van der Waals surface area (Å²) in [5.74, 6) is 1.44. The summed E-state index contributed by atoms with van der Waals surface area (Å²) in [7, 11) is -2.48. The largest absolute Gasteiger partial charge is 0.494 e. The molecule has 0 fully saturated rings. The van der Waals surface area contributed by atoms with Crippen molar-refractivity contribution in [3.8, 4) is 17.2 Å². The maximum atomic E-state index is 12.9. The molecule has 1 N–H and O–H groups in total. The second-order valence-corrected chi connectivity index (χ2v) is 8.64. The van der Waals surface area contributed by atoms with Crippen molar-refractivity contribution in [1.82, 2.24) is 4.72 Å². The molecule has 0 bridgehead atoms. The molecule has 3 rings (SSSR count). The normalized spacial score (nSPS) is 14.8. The smallest absolute Gasteiger partial charge is 0.244 e. The molecule has 1 aliphatic rings. The lowest BCUT2D eigenvalue weighted by atomic mass is 10.1. The van der Waals surface area contributed by atoms with Crippen molar-refractivity contribution in [3.63, 3.8) is 0 Å². The average Bonchev–Trinajstić information content (AvgIpc) is 2.60. The molecule has 1 unspecified atom stereocenters. The third-order valence-electron chi connectivity index (χ3n) is 3.87. The van der Waals surface area contributed by atoms with Crippen LogP contribution in [0.3, 0.4) is 0 Å². The Morgan fingerprint density at radius 2 is 1.88 bits per heavy atom. The van der Waals surface area contributed by atoms with E-state index >= 15 is 0 Å². The first-order chi connectivity index (χ1) is 12.3.